The highest BCUT2D eigenvalue weighted by Crippen LogP contribution is 2.24. The van der Waals surface area contributed by atoms with Crippen molar-refractivity contribution in [3.63, 3.8) is 0 Å². The molecule has 0 aliphatic carbocycles. The van der Waals surface area contributed by atoms with Crippen molar-refractivity contribution in [2.24, 2.45) is 0 Å². The van der Waals surface area contributed by atoms with Gasteiger partial charge in [-0.1, -0.05) is 29.8 Å². The average Bonchev–Trinajstić information content (AvgIpc) is 2.37. The first-order chi connectivity index (χ1) is 8.93. The first-order valence-corrected chi connectivity index (χ1v) is 6.99. The molecule has 1 unspecified atom stereocenters. The predicted octanol–water partition coefficient (Wildman–Crippen LogP) is 2.89. The van der Waals surface area contributed by atoms with Crippen LogP contribution in [0.3, 0.4) is 0 Å². The summed E-state index contributed by atoms with van der Waals surface area (Å²) in [7, 11) is 1.35. The highest BCUT2D eigenvalue weighted by Gasteiger charge is 2.16. The highest BCUT2D eigenvalue weighted by molar-refractivity contribution is 9.10. The zero-order valence-electron chi connectivity index (χ0n) is 11.7. The molecule has 0 fully saturated rings. The predicted molar refractivity (Wildman–Crippen MR) is 78.2 cm³/mol. The summed E-state index contributed by atoms with van der Waals surface area (Å²) in [4.78, 5) is 11.4. The van der Waals surface area contributed by atoms with Crippen molar-refractivity contribution in [1.82, 2.24) is 5.32 Å². The van der Waals surface area contributed by atoms with Crippen molar-refractivity contribution < 1.29 is 14.3 Å². The van der Waals surface area contributed by atoms with Gasteiger partial charge in [0.25, 0.3) is 0 Å². The molecule has 1 N–H and O–H groups in total. The number of nitrogens with one attached hydrogen (secondary N) is 1. The molecule has 1 aromatic rings. The van der Waals surface area contributed by atoms with Crippen LogP contribution in [-0.2, 0) is 16.1 Å². The first-order valence-electron chi connectivity index (χ1n) is 6.20. The van der Waals surface area contributed by atoms with E-state index in [9.17, 15) is 4.79 Å². The van der Waals surface area contributed by atoms with E-state index in [1.165, 1.54) is 7.11 Å². The van der Waals surface area contributed by atoms with Gasteiger partial charge in [-0.15, -0.1) is 0 Å². The molecular formula is C14H20BrNO3. The second-order valence-electron chi connectivity index (χ2n) is 4.57. The molecule has 0 amide bonds. The van der Waals surface area contributed by atoms with E-state index in [1.807, 2.05) is 18.2 Å². The normalized spacial score (nSPS) is 12.3. The van der Waals surface area contributed by atoms with Gasteiger partial charge in [0, 0.05) is 22.6 Å². The molecule has 0 aliphatic rings. The molecule has 5 heteroatoms. The van der Waals surface area contributed by atoms with Crippen LogP contribution in [0.15, 0.2) is 22.7 Å². The van der Waals surface area contributed by atoms with Gasteiger partial charge in [0.15, 0.2) is 6.10 Å². The summed E-state index contributed by atoms with van der Waals surface area (Å²) >= 11 is 3.44. The molecule has 1 rings (SSSR count). The largest absolute Gasteiger partial charge is 0.479 e. The zero-order valence-corrected chi connectivity index (χ0v) is 13.3. The number of ether oxygens (including phenoxy) is 2. The molecule has 0 heterocycles. The van der Waals surface area contributed by atoms with Crippen LogP contribution in [0.4, 0.5) is 0 Å². The molecule has 0 aliphatic heterocycles. The molecule has 0 saturated carbocycles. The minimum Gasteiger partial charge on any atom is -0.479 e. The molecule has 0 aromatic heterocycles. The summed E-state index contributed by atoms with van der Waals surface area (Å²) in [6.07, 6.45) is -0.621. The number of carbonyl (C=O) groups excluding carboxylic acids is 1. The van der Waals surface area contributed by atoms with Crippen molar-refractivity contribution in [3.8, 4) is 5.75 Å². The topological polar surface area (TPSA) is 47.6 Å². The van der Waals surface area contributed by atoms with Crippen molar-refractivity contribution in [3.05, 3.63) is 28.2 Å². The number of hydrogen-bond acceptors (Lipinski definition) is 4. The van der Waals surface area contributed by atoms with Crippen LogP contribution in [0, 0.1) is 0 Å². The molecule has 0 spiro atoms. The number of carbonyl (C=O) groups is 1. The first kappa shape index (κ1) is 16.0. The Morgan fingerprint density at radius 2 is 2.05 bits per heavy atom. The third kappa shape index (κ3) is 5.20. The van der Waals surface area contributed by atoms with Crippen LogP contribution in [0.5, 0.6) is 5.75 Å². The molecule has 1 aromatic carbocycles. The Labute approximate surface area is 122 Å². The standard InChI is InChI=1S/C14H20BrNO3/c1-9(2)16-8-11-7-12(15)5-6-13(11)19-10(3)14(17)18-4/h5-7,9-10,16H,8H2,1-4H3. The second kappa shape index (κ2) is 7.50. The number of methoxy groups -OCH3 is 1. The summed E-state index contributed by atoms with van der Waals surface area (Å²) in [5.41, 5.74) is 0.999. The highest BCUT2D eigenvalue weighted by atomic mass is 79.9. The molecule has 0 radical (unpaired) electrons. The van der Waals surface area contributed by atoms with E-state index < -0.39 is 6.10 Å². The summed E-state index contributed by atoms with van der Waals surface area (Å²) < 4.78 is 11.3. The maximum Gasteiger partial charge on any atom is 0.346 e. The smallest absolute Gasteiger partial charge is 0.346 e. The minimum atomic E-state index is -0.621. The van der Waals surface area contributed by atoms with Crippen molar-refractivity contribution in [2.45, 2.75) is 39.5 Å². The Kier molecular flexibility index (Phi) is 6.31. The summed E-state index contributed by atoms with van der Waals surface area (Å²) in [5, 5.41) is 3.33. The summed E-state index contributed by atoms with van der Waals surface area (Å²) in [6, 6.07) is 6.10. The molecule has 0 saturated heterocycles. The van der Waals surface area contributed by atoms with Gasteiger partial charge >= 0.3 is 5.97 Å². The van der Waals surface area contributed by atoms with Gasteiger partial charge in [-0.05, 0) is 25.1 Å². The van der Waals surface area contributed by atoms with E-state index in [0.717, 1.165) is 10.0 Å². The lowest BCUT2D eigenvalue weighted by Gasteiger charge is -2.17. The van der Waals surface area contributed by atoms with E-state index in [2.05, 4.69) is 39.8 Å². The Bertz CT molecular complexity index is 435. The van der Waals surface area contributed by atoms with E-state index in [0.29, 0.717) is 18.3 Å². The van der Waals surface area contributed by atoms with Crippen LogP contribution in [0.1, 0.15) is 26.3 Å². The Hall–Kier alpha value is -1.07. The Morgan fingerprint density at radius 1 is 1.37 bits per heavy atom. The summed E-state index contributed by atoms with van der Waals surface area (Å²) in [6.45, 7) is 6.51. The fourth-order valence-electron chi connectivity index (χ4n) is 1.52. The van der Waals surface area contributed by atoms with Gasteiger partial charge < -0.3 is 14.8 Å². The minimum absolute atomic E-state index is 0.380. The molecule has 0 bridgehead atoms. The van der Waals surface area contributed by atoms with Gasteiger partial charge in [0.05, 0.1) is 7.11 Å². The van der Waals surface area contributed by atoms with Crippen molar-refractivity contribution in [1.29, 1.82) is 0 Å². The quantitative estimate of drug-likeness (QED) is 0.815. The van der Waals surface area contributed by atoms with Gasteiger partial charge in [0.1, 0.15) is 5.75 Å². The maximum absolute atomic E-state index is 11.4. The fraction of sp³-hybridized carbons (Fsp3) is 0.500. The molecule has 106 valence electrons. The molecular weight excluding hydrogens is 310 g/mol. The van der Waals surface area contributed by atoms with E-state index in [4.69, 9.17) is 4.74 Å². The van der Waals surface area contributed by atoms with E-state index in [1.54, 1.807) is 6.92 Å². The van der Waals surface area contributed by atoms with Gasteiger partial charge in [-0.2, -0.15) is 0 Å². The van der Waals surface area contributed by atoms with Crippen LogP contribution >= 0.6 is 15.9 Å². The zero-order chi connectivity index (χ0) is 14.4. The molecule has 19 heavy (non-hydrogen) atoms. The number of halogens is 1. The lowest BCUT2D eigenvalue weighted by Crippen LogP contribution is -2.26. The van der Waals surface area contributed by atoms with Gasteiger partial charge in [-0.25, -0.2) is 4.79 Å². The molecule has 1 atom stereocenters. The van der Waals surface area contributed by atoms with Crippen molar-refractivity contribution in [2.75, 3.05) is 7.11 Å². The third-order valence-corrected chi connectivity index (χ3v) is 3.05. The monoisotopic (exact) mass is 329 g/mol. The van der Waals surface area contributed by atoms with Crippen LogP contribution in [0.25, 0.3) is 0 Å². The third-order valence-electron chi connectivity index (χ3n) is 2.56. The van der Waals surface area contributed by atoms with Crippen LogP contribution in [-0.4, -0.2) is 25.2 Å². The number of rotatable bonds is 6. The Morgan fingerprint density at radius 3 is 2.63 bits per heavy atom. The number of esters is 1. The lowest BCUT2D eigenvalue weighted by atomic mass is 10.2. The van der Waals surface area contributed by atoms with Crippen LogP contribution in [0.2, 0.25) is 0 Å². The number of benzene rings is 1. The molecule has 4 nitrogen and oxygen atoms in total. The van der Waals surface area contributed by atoms with Gasteiger partial charge in [-0.3, -0.25) is 0 Å². The fourth-order valence-corrected chi connectivity index (χ4v) is 1.93. The number of hydrogen-bond donors (Lipinski definition) is 1. The summed E-state index contributed by atoms with van der Waals surface area (Å²) in [5.74, 6) is 0.305. The average molecular weight is 330 g/mol. The van der Waals surface area contributed by atoms with Gasteiger partial charge in [0.2, 0.25) is 0 Å². The second-order valence-corrected chi connectivity index (χ2v) is 5.49. The van der Waals surface area contributed by atoms with E-state index in [-0.39, 0.29) is 5.97 Å². The van der Waals surface area contributed by atoms with Crippen LogP contribution < -0.4 is 10.1 Å². The van der Waals surface area contributed by atoms with E-state index >= 15 is 0 Å². The lowest BCUT2D eigenvalue weighted by molar-refractivity contribution is -0.147. The SMILES string of the molecule is COC(=O)C(C)Oc1ccc(Br)cc1CNC(C)C. The van der Waals surface area contributed by atoms with Crippen molar-refractivity contribution >= 4 is 21.9 Å². The maximum atomic E-state index is 11.4. The Balaban J connectivity index is 2.84.